The highest BCUT2D eigenvalue weighted by Crippen LogP contribution is 2.37. The van der Waals surface area contributed by atoms with Gasteiger partial charge in [0.25, 0.3) is 0 Å². The van der Waals surface area contributed by atoms with Crippen LogP contribution in [0, 0.1) is 0 Å². The molecule has 2 atom stereocenters. The van der Waals surface area contributed by atoms with Crippen LogP contribution in [0.4, 0.5) is 0 Å². The van der Waals surface area contributed by atoms with Gasteiger partial charge in [-0.2, -0.15) is 0 Å². The lowest BCUT2D eigenvalue weighted by atomic mass is 10.1. The van der Waals surface area contributed by atoms with Gasteiger partial charge in [0, 0.05) is 16.3 Å². The highest BCUT2D eigenvalue weighted by molar-refractivity contribution is 8.00. The number of nitrogens with zero attached hydrogens (tertiary/aromatic N) is 3. The van der Waals surface area contributed by atoms with Crippen molar-refractivity contribution < 1.29 is 0 Å². The number of rotatable bonds is 3. The summed E-state index contributed by atoms with van der Waals surface area (Å²) < 4.78 is 1.90. The SMILES string of the molecule is CC(Cl)c1cn(CC2Cc3ccccc3S2)nn1. The Hall–Kier alpha value is -1.00. The summed E-state index contributed by atoms with van der Waals surface area (Å²) in [5.74, 6) is 0. The molecular weight excluding hydrogens is 266 g/mol. The second-order valence-electron chi connectivity index (χ2n) is 4.53. The Bertz CT molecular complexity index is 528. The Morgan fingerprint density at radius 2 is 2.33 bits per heavy atom. The van der Waals surface area contributed by atoms with Gasteiger partial charge >= 0.3 is 0 Å². The second-order valence-corrected chi connectivity index (χ2v) is 6.53. The maximum atomic E-state index is 5.99. The predicted octanol–water partition coefficient (Wildman–Crippen LogP) is 3.29. The molecule has 0 aliphatic carbocycles. The Morgan fingerprint density at radius 3 is 3.06 bits per heavy atom. The smallest absolute Gasteiger partial charge is 0.100 e. The standard InChI is InChI=1S/C13H14ClN3S/c1-9(14)12-8-17(16-15-12)7-11-6-10-4-2-3-5-13(10)18-11/h2-5,8-9,11H,6-7H2,1H3. The number of benzene rings is 1. The van der Waals surface area contributed by atoms with Gasteiger partial charge in [-0.1, -0.05) is 23.4 Å². The van der Waals surface area contributed by atoms with Crippen LogP contribution >= 0.6 is 23.4 Å². The molecule has 3 nitrogen and oxygen atoms in total. The van der Waals surface area contributed by atoms with Gasteiger partial charge in [-0.15, -0.1) is 28.5 Å². The molecule has 3 rings (SSSR count). The van der Waals surface area contributed by atoms with Crippen LogP contribution < -0.4 is 0 Å². The molecule has 94 valence electrons. The van der Waals surface area contributed by atoms with E-state index in [4.69, 9.17) is 11.6 Å². The first-order valence-electron chi connectivity index (χ1n) is 6.01. The molecule has 18 heavy (non-hydrogen) atoms. The van der Waals surface area contributed by atoms with E-state index in [-0.39, 0.29) is 5.38 Å². The van der Waals surface area contributed by atoms with Crippen molar-refractivity contribution in [2.24, 2.45) is 0 Å². The Balaban J connectivity index is 1.68. The second kappa shape index (κ2) is 4.94. The first-order valence-corrected chi connectivity index (χ1v) is 7.32. The number of fused-ring (bicyclic) bond motifs is 1. The van der Waals surface area contributed by atoms with Crippen LogP contribution in [0.5, 0.6) is 0 Å². The van der Waals surface area contributed by atoms with Crippen LogP contribution in [0.25, 0.3) is 0 Å². The molecule has 2 heterocycles. The van der Waals surface area contributed by atoms with Crippen molar-refractivity contribution >= 4 is 23.4 Å². The van der Waals surface area contributed by atoms with E-state index in [0.717, 1.165) is 18.7 Å². The molecule has 2 aromatic rings. The molecule has 0 radical (unpaired) electrons. The first kappa shape index (κ1) is 12.1. The summed E-state index contributed by atoms with van der Waals surface area (Å²) >= 11 is 7.91. The summed E-state index contributed by atoms with van der Waals surface area (Å²) in [5, 5.41) is 8.68. The molecule has 0 N–H and O–H groups in total. The van der Waals surface area contributed by atoms with Gasteiger partial charge in [0.05, 0.1) is 11.9 Å². The van der Waals surface area contributed by atoms with Gasteiger partial charge < -0.3 is 0 Å². The van der Waals surface area contributed by atoms with Crippen molar-refractivity contribution in [2.75, 3.05) is 0 Å². The van der Waals surface area contributed by atoms with Crippen LogP contribution in [-0.2, 0) is 13.0 Å². The molecule has 1 aliphatic rings. The van der Waals surface area contributed by atoms with E-state index in [0.29, 0.717) is 5.25 Å². The maximum absolute atomic E-state index is 5.99. The zero-order chi connectivity index (χ0) is 12.5. The Morgan fingerprint density at radius 1 is 1.50 bits per heavy atom. The third-order valence-corrected chi connectivity index (χ3v) is 4.59. The molecular formula is C13H14ClN3S. The first-order chi connectivity index (χ1) is 8.72. The predicted molar refractivity (Wildman–Crippen MR) is 74.1 cm³/mol. The highest BCUT2D eigenvalue weighted by Gasteiger charge is 2.22. The average Bonchev–Trinajstić information content (AvgIpc) is 2.94. The summed E-state index contributed by atoms with van der Waals surface area (Å²) in [4.78, 5) is 1.40. The largest absolute Gasteiger partial charge is 0.251 e. The van der Waals surface area contributed by atoms with Crippen LogP contribution in [0.3, 0.4) is 0 Å². The minimum absolute atomic E-state index is 0.0767. The fourth-order valence-corrected chi connectivity index (χ4v) is 3.56. The van der Waals surface area contributed by atoms with Crippen molar-refractivity contribution in [1.82, 2.24) is 15.0 Å². The molecule has 2 unspecified atom stereocenters. The Labute approximate surface area is 116 Å². The van der Waals surface area contributed by atoms with Crippen molar-refractivity contribution in [1.29, 1.82) is 0 Å². The monoisotopic (exact) mass is 279 g/mol. The van der Waals surface area contributed by atoms with Gasteiger partial charge in [0.2, 0.25) is 0 Å². The lowest BCUT2D eigenvalue weighted by molar-refractivity contribution is 0.572. The normalized spacial score (nSPS) is 19.8. The highest BCUT2D eigenvalue weighted by atomic mass is 35.5. The minimum atomic E-state index is -0.0767. The van der Waals surface area contributed by atoms with Gasteiger partial charge in [0.1, 0.15) is 5.69 Å². The third-order valence-electron chi connectivity index (χ3n) is 3.07. The average molecular weight is 280 g/mol. The van der Waals surface area contributed by atoms with Crippen LogP contribution in [0.1, 0.15) is 23.6 Å². The van der Waals surface area contributed by atoms with E-state index >= 15 is 0 Å². The number of thioether (sulfide) groups is 1. The quantitative estimate of drug-likeness (QED) is 0.808. The zero-order valence-electron chi connectivity index (χ0n) is 10.1. The molecule has 1 aromatic carbocycles. The summed E-state index contributed by atoms with van der Waals surface area (Å²) in [7, 11) is 0. The van der Waals surface area contributed by atoms with E-state index in [2.05, 4.69) is 34.6 Å². The summed E-state index contributed by atoms with van der Waals surface area (Å²) in [6, 6.07) is 8.59. The molecule has 0 spiro atoms. The summed E-state index contributed by atoms with van der Waals surface area (Å²) in [5.41, 5.74) is 2.29. The van der Waals surface area contributed by atoms with E-state index in [9.17, 15) is 0 Å². The van der Waals surface area contributed by atoms with Gasteiger partial charge in [-0.05, 0) is 25.0 Å². The van der Waals surface area contributed by atoms with Crippen LogP contribution in [0.15, 0.2) is 35.4 Å². The van der Waals surface area contributed by atoms with Crippen molar-refractivity contribution in [3.05, 3.63) is 41.7 Å². The van der Waals surface area contributed by atoms with Crippen LogP contribution in [0.2, 0.25) is 0 Å². The Kier molecular flexibility index (Phi) is 3.31. The zero-order valence-corrected chi connectivity index (χ0v) is 11.7. The number of alkyl halides is 1. The van der Waals surface area contributed by atoms with Crippen molar-refractivity contribution in [2.45, 2.75) is 35.4 Å². The number of halogens is 1. The molecule has 1 aromatic heterocycles. The van der Waals surface area contributed by atoms with Crippen molar-refractivity contribution in [3.63, 3.8) is 0 Å². The summed E-state index contributed by atoms with van der Waals surface area (Å²) in [6.07, 6.45) is 3.05. The molecule has 5 heteroatoms. The van der Waals surface area contributed by atoms with Gasteiger partial charge in [-0.25, -0.2) is 0 Å². The topological polar surface area (TPSA) is 30.7 Å². The van der Waals surface area contributed by atoms with E-state index in [1.54, 1.807) is 0 Å². The molecule has 1 aliphatic heterocycles. The fourth-order valence-electron chi connectivity index (χ4n) is 2.15. The fraction of sp³-hybridized carbons (Fsp3) is 0.385. The maximum Gasteiger partial charge on any atom is 0.100 e. The molecule has 0 fully saturated rings. The van der Waals surface area contributed by atoms with E-state index < -0.39 is 0 Å². The molecule has 0 saturated heterocycles. The number of aromatic nitrogens is 3. The minimum Gasteiger partial charge on any atom is -0.251 e. The van der Waals surface area contributed by atoms with E-state index in [1.807, 2.05) is 29.6 Å². The van der Waals surface area contributed by atoms with Gasteiger partial charge in [-0.3, -0.25) is 4.68 Å². The molecule has 0 amide bonds. The molecule has 0 saturated carbocycles. The molecule has 0 bridgehead atoms. The van der Waals surface area contributed by atoms with Gasteiger partial charge in [0.15, 0.2) is 0 Å². The lowest BCUT2D eigenvalue weighted by Gasteiger charge is -2.07. The number of hydrogen-bond acceptors (Lipinski definition) is 3. The number of hydrogen-bond donors (Lipinski definition) is 0. The van der Waals surface area contributed by atoms with Crippen LogP contribution in [-0.4, -0.2) is 20.2 Å². The lowest BCUT2D eigenvalue weighted by Crippen LogP contribution is -2.12. The third kappa shape index (κ3) is 2.40. The van der Waals surface area contributed by atoms with Crippen molar-refractivity contribution in [3.8, 4) is 0 Å². The van der Waals surface area contributed by atoms with E-state index in [1.165, 1.54) is 10.5 Å². The summed E-state index contributed by atoms with van der Waals surface area (Å²) in [6.45, 7) is 2.80.